The van der Waals surface area contributed by atoms with E-state index in [1.807, 2.05) is 0 Å². The van der Waals surface area contributed by atoms with Gasteiger partial charge in [0.05, 0.1) is 12.6 Å². The van der Waals surface area contributed by atoms with Crippen LogP contribution in [0.15, 0.2) is 40.9 Å². The summed E-state index contributed by atoms with van der Waals surface area (Å²) in [6, 6.07) is 8.99. The van der Waals surface area contributed by atoms with Crippen LogP contribution in [-0.2, 0) is 9.59 Å². The van der Waals surface area contributed by atoms with Gasteiger partial charge in [0.15, 0.2) is 5.17 Å². The van der Waals surface area contributed by atoms with Gasteiger partial charge in [-0.2, -0.15) is 0 Å². The van der Waals surface area contributed by atoms with Crippen LogP contribution in [0.3, 0.4) is 0 Å². The zero-order chi connectivity index (χ0) is 15.4. The number of hydrogen-bond acceptors (Lipinski definition) is 5. The minimum Gasteiger partial charge on any atom is -0.473 e. The molecule has 0 radical (unpaired) electrons. The standard InChI is InChI=1S/C12H12N2S.C2H2O4/c1-9-2-4-10(5-3-9)11-8-14-6-7-15-12(14)13-11;3-1(4)2(5)6/h2-7,11H,8H2,1H3;(H,3,4)(H,5,6). The molecule has 0 aliphatic carbocycles. The molecule has 3 rings (SSSR count). The molecular formula is C14H14N2O4S. The molecule has 0 saturated carbocycles. The molecule has 0 spiro atoms. The summed E-state index contributed by atoms with van der Waals surface area (Å²) in [5, 5.41) is 18.0. The molecule has 110 valence electrons. The lowest BCUT2D eigenvalue weighted by molar-refractivity contribution is -0.159. The molecule has 2 aliphatic heterocycles. The van der Waals surface area contributed by atoms with Crippen molar-refractivity contribution in [2.24, 2.45) is 4.99 Å². The van der Waals surface area contributed by atoms with Crippen molar-refractivity contribution in [2.75, 3.05) is 6.54 Å². The number of hydrogen-bond donors (Lipinski definition) is 2. The fourth-order valence-electron chi connectivity index (χ4n) is 1.87. The predicted molar refractivity (Wildman–Crippen MR) is 80.1 cm³/mol. The summed E-state index contributed by atoms with van der Waals surface area (Å²) in [4.78, 5) is 25.1. The number of nitrogens with zero attached hydrogens (tertiary/aromatic N) is 2. The first kappa shape index (κ1) is 15.1. The van der Waals surface area contributed by atoms with Crippen LogP contribution in [0.2, 0.25) is 0 Å². The second kappa shape index (κ2) is 6.45. The van der Waals surface area contributed by atoms with Crippen molar-refractivity contribution < 1.29 is 19.8 Å². The highest BCUT2D eigenvalue weighted by atomic mass is 32.2. The first-order valence-electron chi connectivity index (χ1n) is 6.18. The second-order valence-corrected chi connectivity index (χ2v) is 5.38. The van der Waals surface area contributed by atoms with Gasteiger partial charge in [0.2, 0.25) is 0 Å². The minimum absolute atomic E-state index is 0.318. The van der Waals surface area contributed by atoms with E-state index in [1.165, 1.54) is 11.1 Å². The molecule has 21 heavy (non-hydrogen) atoms. The Balaban J connectivity index is 0.000000232. The number of rotatable bonds is 1. The summed E-state index contributed by atoms with van der Waals surface area (Å²) >= 11 is 1.71. The lowest BCUT2D eigenvalue weighted by Gasteiger charge is -2.10. The fourth-order valence-corrected chi connectivity index (χ4v) is 2.66. The minimum atomic E-state index is -1.82. The molecule has 0 fully saturated rings. The van der Waals surface area contributed by atoms with E-state index < -0.39 is 11.9 Å². The summed E-state index contributed by atoms with van der Waals surface area (Å²) in [6.07, 6.45) is 2.11. The summed E-state index contributed by atoms with van der Waals surface area (Å²) in [6.45, 7) is 3.10. The van der Waals surface area contributed by atoms with Gasteiger partial charge in [-0.3, -0.25) is 4.99 Å². The lowest BCUT2D eigenvalue weighted by Crippen LogP contribution is -2.15. The predicted octanol–water partition coefficient (Wildman–Crippen LogP) is 2.08. The summed E-state index contributed by atoms with van der Waals surface area (Å²) in [5.41, 5.74) is 2.62. The third-order valence-corrected chi connectivity index (χ3v) is 3.75. The highest BCUT2D eigenvalue weighted by molar-refractivity contribution is 8.16. The van der Waals surface area contributed by atoms with Crippen molar-refractivity contribution in [1.82, 2.24) is 4.90 Å². The molecule has 2 heterocycles. The first-order chi connectivity index (χ1) is 9.97. The van der Waals surface area contributed by atoms with Gasteiger partial charge in [-0.25, -0.2) is 9.59 Å². The lowest BCUT2D eigenvalue weighted by atomic mass is 10.1. The molecule has 1 aromatic rings. The fraction of sp³-hybridized carbons (Fsp3) is 0.214. The van der Waals surface area contributed by atoms with Crippen LogP contribution in [0, 0.1) is 6.92 Å². The van der Waals surface area contributed by atoms with E-state index >= 15 is 0 Å². The van der Waals surface area contributed by atoms with Gasteiger partial charge in [0.1, 0.15) is 0 Å². The van der Waals surface area contributed by atoms with E-state index in [2.05, 4.69) is 47.7 Å². The van der Waals surface area contributed by atoms with Crippen molar-refractivity contribution in [2.45, 2.75) is 13.0 Å². The third kappa shape index (κ3) is 3.85. The molecule has 2 N–H and O–H groups in total. The average Bonchev–Trinajstić information content (AvgIpc) is 3.01. The molecule has 7 heteroatoms. The van der Waals surface area contributed by atoms with E-state index in [0.717, 1.165) is 11.7 Å². The smallest absolute Gasteiger partial charge is 0.414 e. The van der Waals surface area contributed by atoms with E-state index in [0.29, 0.717) is 6.04 Å². The molecule has 0 amide bonds. The van der Waals surface area contributed by atoms with Crippen molar-refractivity contribution >= 4 is 28.9 Å². The number of aliphatic imine (C=N–C) groups is 1. The van der Waals surface area contributed by atoms with Crippen LogP contribution in [0.4, 0.5) is 0 Å². The van der Waals surface area contributed by atoms with Crippen LogP contribution >= 0.6 is 11.8 Å². The number of benzene rings is 1. The highest BCUT2D eigenvalue weighted by Crippen LogP contribution is 2.32. The summed E-state index contributed by atoms with van der Waals surface area (Å²) < 4.78 is 0. The quantitative estimate of drug-likeness (QED) is 0.772. The number of aliphatic carboxylic acids is 2. The zero-order valence-electron chi connectivity index (χ0n) is 11.3. The Hall–Kier alpha value is -2.28. The third-order valence-electron chi connectivity index (χ3n) is 2.94. The maximum Gasteiger partial charge on any atom is 0.414 e. The Labute approximate surface area is 125 Å². The van der Waals surface area contributed by atoms with Gasteiger partial charge >= 0.3 is 11.9 Å². The monoisotopic (exact) mass is 306 g/mol. The highest BCUT2D eigenvalue weighted by Gasteiger charge is 2.27. The van der Waals surface area contributed by atoms with Crippen molar-refractivity contribution in [3.63, 3.8) is 0 Å². The molecule has 6 nitrogen and oxygen atoms in total. The number of thioether (sulfide) groups is 1. The van der Waals surface area contributed by atoms with Gasteiger partial charge in [0, 0.05) is 6.20 Å². The number of carboxylic acids is 2. The largest absolute Gasteiger partial charge is 0.473 e. The van der Waals surface area contributed by atoms with E-state index in [4.69, 9.17) is 24.8 Å². The SMILES string of the molecule is Cc1ccc(C2CN3C=CSC3=N2)cc1.O=C(O)C(=O)O. The Kier molecular flexibility index (Phi) is 4.64. The molecule has 0 bridgehead atoms. The van der Waals surface area contributed by atoms with Crippen LogP contribution in [0.1, 0.15) is 17.2 Å². The maximum atomic E-state index is 9.10. The number of carbonyl (C=O) groups is 2. The summed E-state index contributed by atoms with van der Waals surface area (Å²) in [5.74, 6) is -3.65. The number of fused-ring (bicyclic) bond motifs is 1. The number of amidine groups is 1. The van der Waals surface area contributed by atoms with Gasteiger partial charge < -0.3 is 15.1 Å². The van der Waals surface area contributed by atoms with E-state index in [9.17, 15) is 0 Å². The average molecular weight is 306 g/mol. The molecule has 0 aromatic heterocycles. The van der Waals surface area contributed by atoms with Crippen molar-refractivity contribution in [3.05, 3.63) is 47.0 Å². The normalized spacial score (nSPS) is 18.6. The van der Waals surface area contributed by atoms with Gasteiger partial charge in [-0.1, -0.05) is 41.6 Å². The molecule has 1 atom stereocenters. The first-order valence-corrected chi connectivity index (χ1v) is 7.06. The molecule has 0 saturated heterocycles. The molecule has 1 unspecified atom stereocenters. The molecular weight excluding hydrogens is 292 g/mol. The second-order valence-electron chi connectivity index (χ2n) is 4.50. The van der Waals surface area contributed by atoms with Crippen LogP contribution < -0.4 is 0 Å². The van der Waals surface area contributed by atoms with Crippen molar-refractivity contribution in [1.29, 1.82) is 0 Å². The van der Waals surface area contributed by atoms with Gasteiger partial charge in [0.25, 0.3) is 0 Å². The Morgan fingerprint density at radius 3 is 2.38 bits per heavy atom. The maximum absolute atomic E-state index is 9.10. The summed E-state index contributed by atoms with van der Waals surface area (Å²) in [7, 11) is 0. The zero-order valence-corrected chi connectivity index (χ0v) is 12.1. The Morgan fingerprint density at radius 1 is 1.24 bits per heavy atom. The number of aryl methyl sites for hydroxylation is 1. The van der Waals surface area contributed by atoms with E-state index in [-0.39, 0.29) is 0 Å². The van der Waals surface area contributed by atoms with Crippen LogP contribution in [0.5, 0.6) is 0 Å². The Morgan fingerprint density at radius 2 is 1.86 bits per heavy atom. The van der Waals surface area contributed by atoms with Crippen LogP contribution in [0.25, 0.3) is 0 Å². The van der Waals surface area contributed by atoms with Crippen molar-refractivity contribution in [3.8, 4) is 0 Å². The molecule has 2 aliphatic rings. The Bertz CT molecular complexity index is 598. The van der Waals surface area contributed by atoms with E-state index in [1.54, 1.807) is 11.8 Å². The topological polar surface area (TPSA) is 90.2 Å². The molecule has 1 aromatic carbocycles. The number of carboxylic acid groups (broad SMARTS) is 2. The van der Waals surface area contributed by atoms with Gasteiger partial charge in [-0.15, -0.1) is 0 Å². The van der Waals surface area contributed by atoms with Gasteiger partial charge in [-0.05, 0) is 17.9 Å². The van der Waals surface area contributed by atoms with Crippen LogP contribution in [-0.4, -0.2) is 38.8 Å².